The summed E-state index contributed by atoms with van der Waals surface area (Å²) in [5.74, 6) is 0.232. The number of nitrogen functional groups attached to an aromatic ring is 1. The van der Waals surface area contributed by atoms with E-state index < -0.39 is 0 Å². The molecule has 3 aromatic carbocycles. The van der Waals surface area contributed by atoms with Gasteiger partial charge in [-0.15, -0.1) is 0 Å². The van der Waals surface area contributed by atoms with Crippen molar-refractivity contribution in [1.29, 1.82) is 5.41 Å². The lowest BCUT2D eigenvalue weighted by molar-refractivity contribution is 0.0517. The first-order valence-corrected chi connectivity index (χ1v) is 12.0. The van der Waals surface area contributed by atoms with Crippen molar-refractivity contribution >= 4 is 17.5 Å². The molecule has 1 aliphatic rings. The summed E-state index contributed by atoms with van der Waals surface area (Å²) in [6.07, 6.45) is 1.91. The molecular weight excluding hydrogens is 440 g/mol. The molecule has 0 saturated carbocycles. The van der Waals surface area contributed by atoms with Crippen molar-refractivity contribution < 1.29 is 14.3 Å². The Bertz CT molecular complexity index is 1190. The molecule has 1 saturated heterocycles. The zero-order chi connectivity index (χ0) is 24.6. The van der Waals surface area contributed by atoms with Crippen molar-refractivity contribution in [2.75, 3.05) is 25.0 Å². The zero-order valence-corrected chi connectivity index (χ0v) is 20.0. The van der Waals surface area contributed by atoms with E-state index in [9.17, 15) is 4.79 Å². The standard InChI is InChI=1S/C28H32N4O3/c1-2-34-28(33)25-17-23(9-10-26(25)35-24-11-13-31-14-12-24)32-18-19-5-3-6-20(15-19)21-7-4-8-22(16-21)27(29)30/h3-10,15-17,24,31-32H,2,11-14,18H2,1H3,(H3,29,30). The fourth-order valence-electron chi connectivity index (χ4n) is 4.14. The Morgan fingerprint density at radius 2 is 1.80 bits per heavy atom. The largest absolute Gasteiger partial charge is 0.489 e. The maximum absolute atomic E-state index is 12.6. The molecule has 35 heavy (non-hydrogen) atoms. The average molecular weight is 473 g/mol. The number of hydrogen-bond acceptors (Lipinski definition) is 6. The third-order valence-electron chi connectivity index (χ3n) is 5.99. The molecule has 3 aromatic rings. The number of carbonyl (C=O) groups excluding carboxylic acids is 1. The van der Waals surface area contributed by atoms with Crippen LogP contribution in [0.25, 0.3) is 11.1 Å². The zero-order valence-electron chi connectivity index (χ0n) is 20.0. The molecule has 182 valence electrons. The van der Waals surface area contributed by atoms with Crippen LogP contribution in [0, 0.1) is 5.41 Å². The summed E-state index contributed by atoms with van der Waals surface area (Å²) >= 11 is 0. The van der Waals surface area contributed by atoms with Crippen molar-refractivity contribution in [2.24, 2.45) is 5.73 Å². The fourth-order valence-corrected chi connectivity index (χ4v) is 4.14. The van der Waals surface area contributed by atoms with E-state index in [0.717, 1.165) is 48.3 Å². The maximum Gasteiger partial charge on any atom is 0.341 e. The molecule has 0 spiro atoms. The second kappa shape index (κ2) is 11.5. The minimum atomic E-state index is -0.382. The highest BCUT2D eigenvalue weighted by atomic mass is 16.5. The molecule has 0 aliphatic carbocycles. The topological polar surface area (TPSA) is 109 Å². The number of esters is 1. The van der Waals surface area contributed by atoms with Gasteiger partial charge in [-0.3, -0.25) is 5.41 Å². The monoisotopic (exact) mass is 472 g/mol. The predicted molar refractivity (Wildman–Crippen MR) is 139 cm³/mol. The number of carbonyl (C=O) groups is 1. The van der Waals surface area contributed by atoms with Gasteiger partial charge in [0.05, 0.1) is 6.61 Å². The van der Waals surface area contributed by atoms with Crippen LogP contribution in [-0.4, -0.2) is 37.6 Å². The van der Waals surface area contributed by atoms with Gasteiger partial charge in [0.25, 0.3) is 0 Å². The number of hydrogen-bond donors (Lipinski definition) is 4. The van der Waals surface area contributed by atoms with Gasteiger partial charge in [0, 0.05) is 17.8 Å². The molecule has 0 amide bonds. The van der Waals surface area contributed by atoms with Crippen molar-refractivity contribution in [1.82, 2.24) is 5.32 Å². The Labute approximate surface area is 206 Å². The van der Waals surface area contributed by atoms with Gasteiger partial charge in [-0.25, -0.2) is 4.79 Å². The van der Waals surface area contributed by atoms with E-state index in [-0.39, 0.29) is 17.9 Å². The number of nitrogens with one attached hydrogen (secondary N) is 3. The maximum atomic E-state index is 12.6. The Morgan fingerprint density at radius 1 is 1.06 bits per heavy atom. The summed E-state index contributed by atoms with van der Waals surface area (Å²) in [6.45, 7) is 4.51. The number of anilines is 1. The van der Waals surface area contributed by atoms with Crippen LogP contribution in [0.15, 0.2) is 66.7 Å². The average Bonchev–Trinajstić information content (AvgIpc) is 2.89. The summed E-state index contributed by atoms with van der Waals surface area (Å²) in [6, 6.07) is 21.4. The van der Waals surface area contributed by atoms with Gasteiger partial charge >= 0.3 is 5.97 Å². The van der Waals surface area contributed by atoms with Crippen LogP contribution >= 0.6 is 0 Å². The minimum absolute atomic E-state index is 0.0506. The normalized spacial score (nSPS) is 13.7. The number of ether oxygens (including phenoxy) is 2. The third kappa shape index (κ3) is 6.39. The van der Waals surface area contributed by atoms with Crippen LogP contribution in [-0.2, 0) is 11.3 Å². The molecule has 5 N–H and O–H groups in total. The molecule has 0 atom stereocenters. The van der Waals surface area contributed by atoms with Crippen LogP contribution in [0.3, 0.4) is 0 Å². The molecule has 0 radical (unpaired) electrons. The first-order valence-electron chi connectivity index (χ1n) is 12.0. The summed E-state index contributed by atoms with van der Waals surface area (Å²) < 4.78 is 11.5. The summed E-state index contributed by atoms with van der Waals surface area (Å²) in [7, 11) is 0. The highest BCUT2D eigenvalue weighted by Crippen LogP contribution is 2.27. The number of amidine groups is 1. The van der Waals surface area contributed by atoms with Crippen molar-refractivity contribution in [2.45, 2.75) is 32.4 Å². The van der Waals surface area contributed by atoms with Gasteiger partial charge in [0.2, 0.25) is 0 Å². The first-order chi connectivity index (χ1) is 17.0. The Morgan fingerprint density at radius 3 is 2.54 bits per heavy atom. The van der Waals surface area contributed by atoms with Gasteiger partial charge in [-0.1, -0.05) is 36.4 Å². The molecular formula is C28H32N4O3. The SMILES string of the molecule is CCOC(=O)c1cc(NCc2cccc(-c3cccc(C(=N)N)c3)c2)ccc1OC1CCNCC1. The lowest BCUT2D eigenvalue weighted by Crippen LogP contribution is -2.34. The smallest absolute Gasteiger partial charge is 0.341 e. The molecule has 1 heterocycles. The fraction of sp³-hybridized carbons (Fsp3) is 0.286. The summed E-state index contributed by atoms with van der Waals surface area (Å²) in [5, 5.41) is 14.4. The van der Waals surface area contributed by atoms with Gasteiger partial charge in [-0.05, 0) is 79.9 Å². The lowest BCUT2D eigenvalue weighted by atomic mass is 10.0. The Hall–Kier alpha value is -3.84. The van der Waals surface area contributed by atoms with E-state index in [2.05, 4.69) is 16.7 Å². The quantitative estimate of drug-likeness (QED) is 0.207. The van der Waals surface area contributed by atoms with Crippen LogP contribution in [0.4, 0.5) is 5.69 Å². The van der Waals surface area contributed by atoms with E-state index in [1.165, 1.54) is 0 Å². The number of nitrogens with two attached hydrogens (primary N) is 1. The molecule has 0 unspecified atom stereocenters. The molecule has 7 heteroatoms. The lowest BCUT2D eigenvalue weighted by Gasteiger charge is -2.25. The van der Waals surface area contributed by atoms with Crippen LogP contribution in [0.2, 0.25) is 0 Å². The Kier molecular flexibility index (Phi) is 8.00. The van der Waals surface area contributed by atoms with E-state index in [4.69, 9.17) is 20.6 Å². The second-order valence-electron chi connectivity index (χ2n) is 8.55. The Balaban J connectivity index is 1.49. The van der Waals surface area contributed by atoms with Gasteiger partial charge < -0.3 is 25.8 Å². The molecule has 7 nitrogen and oxygen atoms in total. The second-order valence-corrected chi connectivity index (χ2v) is 8.55. The summed E-state index contributed by atoms with van der Waals surface area (Å²) in [4.78, 5) is 12.6. The molecule has 4 rings (SSSR count). The van der Waals surface area contributed by atoms with E-state index in [1.807, 2.05) is 54.6 Å². The van der Waals surface area contributed by atoms with Gasteiger partial charge in [0.1, 0.15) is 23.3 Å². The molecule has 1 aliphatic heterocycles. The van der Waals surface area contributed by atoms with Crippen molar-refractivity contribution in [3.8, 4) is 16.9 Å². The number of rotatable bonds is 9. The third-order valence-corrected chi connectivity index (χ3v) is 5.99. The van der Waals surface area contributed by atoms with Gasteiger partial charge in [0.15, 0.2) is 0 Å². The van der Waals surface area contributed by atoms with E-state index >= 15 is 0 Å². The minimum Gasteiger partial charge on any atom is -0.489 e. The highest BCUT2D eigenvalue weighted by molar-refractivity contribution is 5.96. The van der Waals surface area contributed by atoms with E-state index in [1.54, 1.807) is 13.0 Å². The highest BCUT2D eigenvalue weighted by Gasteiger charge is 2.20. The van der Waals surface area contributed by atoms with Gasteiger partial charge in [-0.2, -0.15) is 0 Å². The van der Waals surface area contributed by atoms with E-state index in [0.29, 0.717) is 30.0 Å². The number of piperidine rings is 1. The van der Waals surface area contributed by atoms with Crippen LogP contribution in [0.1, 0.15) is 41.3 Å². The van der Waals surface area contributed by atoms with Crippen molar-refractivity contribution in [3.63, 3.8) is 0 Å². The van der Waals surface area contributed by atoms with Crippen molar-refractivity contribution in [3.05, 3.63) is 83.4 Å². The predicted octanol–water partition coefficient (Wildman–Crippen LogP) is 4.56. The first kappa shape index (κ1) is 24.3. The van der Waals surface area contributed by atoms with Crippen LogP contribution < -0.4 is 21.1 Å². The molecule has 0 bridgehead atoms. The molecule has 0 aromatic heterocycles. The number of benzene rings is 3. The molecule has 1 fully saturated rings. The summed E-state index contributed by atoms with van der Waals surface area (Å²) in [5.41, 5.74) is 10.7. The van der Waals surface area contributed by atoms with Crippen LogP contribution in [0.5, 0.6) is 5.75 Å².